The molecule has 18 heavy (non-hydrogen) atoms. The van der Waals surface area contributed by atoms with E-state index in [-0.39, 0.29) is 0 Å². The van der Waals surface area contributed by atoms with Crippen LogP contribution in [-0.2, 0) is 4.74 Å². The second-order valence-electron chi connectivity index (χ2n) is 4.34. The summed E-state index contributed by atoms with van der Waals surface area (Å²) in [7, 11) is 0. The van der Waals surface area contributed by atoms with Gasteiger partial charge < -0.3 is 14.8 Å². The first kappa shape index (κ1) is 13.2. The second-order valence-corrected chi connectivity index (χ2v) is 4.34. The first-order chi connectivity index (χ1) is 8.88. The predicted molar refractivity (Wildman–Crippen MR) is 73.4 cm³/mol. The molecule has 1 aliphatic rings. The summed E-state index contributed by atoms with van der Waals surface area (Å²) in [5.74, 6) is 0.925. The first-order valence-electron chi connectivity index (χ1n) is 6.65. The van der Waals surface area contributed by atoms with Crippen LogP contribution in [0.3, 0.4) is 0 Å². The summed E-state index contributed by atoms with van der Waals surface area (Å²) in [4.78, 5) is 2.42. The van der Waals surface area contributed by atoms with Gasteiger partial charge in [0.1, 0.15) is 5.75 Å². The van der Waals surface area contributed by atoms with Crippen LogP contribution < -0.4 is 10.1 Å². The molecule has 1 N–H and O–H groups in total. The fraction of sp³-hybridized carbons (Fsp3) is 0.571. The maximum Gasteiger partial charge on any atom is 0.121 e. The Balaban J connectivity index is 1.73. The molecule has 1 aromatic carbocycles. The highest BCUT2D eigenvalue weighted by atomic mass is 16.5. The maximum absolute atomic E-state index is 5.48. The molecule has 1 aliphatic heterocycles. The van der Waals surface area contributed by atoms with Gasteiger partial charge in [-0.15, -0.1) is 0 Å². The van der Waals surface area contributed by atoms with E-state index in [2.05, 4.69) is 16.3 Å². The van der Waals surface area contributed by atoms with Crippen LogP contribution in [0.25, 0.3) is 0 Å². The summed E-state index contributed by atoms with van der Waals surface area (Å²) in [5, 5.41) is 3.43. The minimum absolute atomic E-state index is 0.706. The van der Waals surface area contributed by atoms with Crippen molar-refractivity contribution in [1.29, 1.82) is 0 Å². The van der Waals surface area contributed by atoms with Crippen LogP contribution in [0.4, 0.5) is 5.69 Å². The highest BCUT2D eigenvalue weighted by Gasteiger charge is 2.09. The number of morpholine rings is 1. The van der Waals surface area contributed by atoms with Crippen molar-refractivity contribution >= 4 is 5.69 Å². The van der Waals surface area contributed by atoms with Crippen molar-refractivity contribution in [2.75, 3.05) is 51.3 Å². The minimum Gasteiger partial charge on any atom is -0.494 e. The van der Waals surface area contributed by atoms with Gasteiger partial charge in [-0.1, -0.05) is 6.07 Å². The van der Waals surface area contributed by atoms with Gasteiger partial charge >= 0.3 is 0 Å². The van der Waals surface area contributed by atoms with E-state index in [4.69, 9.17) is 9.47 Å². The molecule has 0 aliphatic carbocycles. The second kappa shape index (κ2) is 7.24. The summed E-state index contributed by atoms with van der Waals surface area (Å²) < 4.78 is 10.8. The highest BCUT2D eigenvalue weighted by molar-refractivity contribution is 5.48. The zero-order valence-corrected chi connectivity index (χ0v) is 11.0. The Morgan fingerprint density at radius 3 is 2.94 bits per heavy atom. The zero-order chi connectivity index (χ0) is 12.6. The predicted octanol–water partition coefficient (Wildman–Crippen LogP) is 1.83. The summed E-state index contributed by atoms with van der Waals surface area (Å²) in [6.45, 7) is 8.52. The fourth-order valence-electron chi connectivity index (χ4n) is 2.05. The third-order valence-corrected chi connectivity index (χ3v) is 3.01. The van der Waals surface area contributed by atoms with Gasteiger partial charge in [-0.25, -0.2) is 0 Å². The molecule has 100 valence electrons. The van der Waals surface area contributed by atoms with Crippen molar-refractivity contribution < 1.29 is 9.47 Å². The average Bonchev–Trinajstić information content (AvgIpc) is 2.41. The van der Waals surface area contributed by atoms with Gasteiger partial charge in [-0.2, -0.15) is 0 Å². The smallest absolute Gasteiger partial charge is 0.121 e. The van der Waals surface area contributed by atoms with Gasteiger partial charge in [0.25, 0.3) is 0 Å². The monoisotopic (exact) mass is 250 g/mol. The lowest BCUT2D eigenvalue weighted by atomic mass is 10.3. The number of benzene rings is 1. The van der Waals surface area contributed by atoms with Crippen LogP contribution in [-0.4, -0.2) is 50.9 Å². The van der Waals surface area contributed by atoms with Crippen molar-refractivity contribution in [3.8, 4) is 5.75 Å². The van der Waals surface area contributed by atoms with E-state index >= 15 is 0 Å². The molecule has 2 rings (SSSR count). The van der Waals surface area contributed by atoms with Crippen molar-refractivity contribution in [2.45, 2.75) is 6.92 Å². The standard InChI is InChI=1S/C14H22N2O2/c1-2-18-14-5-3-4-13(12-14)15-6-7-16-8-10-17-11-9-16/h3-5,12,15H,2,6-11H2,1H3. The van der Waals surface area contributed by atoms with Gasteiger partial charge in [0.2, 0.25) is 0 Å². The number of ether oxygens (including phenoxy) is 2. The van der Waals surface area contributed by atoms with E-state index in [1.165, 1.54) is 0 Å². The molecule has 4 heteroatoms. The molecule has 0 radical (unpaired) electrons. The first-order valence-corrected chi connectivity index (χ1v) is 6.65. The van der Waals surface area contributed by atoms with Gasteiger partial charge in [0.05, 0.1) is 19.8 Å². The third-order valence-electron chi connectivity index (χ3n) is 3.01. The van der Waals surface area contributed by atoms with Crippen molar-refractivity contribution in [3.05, 3.63) is 24.3 Å². The van der Waals surface area contributed by atoms with E-state index < -0.39 is 0 Å². The zero-order valence-electron chi connectivity index (χ0n) is 11.0. The Morgan fingerprint density at radius 1 is 1.33 bits per heavy atom. The molecular weight excluding hydrogens is 228 g/mol. The Labute approximate surface area is 109 Å². The van der Waals surface area contributed by atoms with Crippen molar-refractivity contribution in [1.82, 2.24) is 4.90 Å². The topological polar surface area (TPSA) is 33.7 Å². The maximum atomic E-state index is 5.48. The van der Waals surface area contributed by atoms with Crippen LogP contribution in [0.1, 0.15) is 6.92 Å². The Bertz CT molecular complexity index is 351. The Morgan fingerprint density at radius 2 is 2.17 bits per heavy atom. The van der Waals surface area contributed by atoms with Gasteiger partial charge in [-0.05, 0) is 19.1 Å². The lowest BCUT2D eigenvalue weighted by molar-refractivity contribution is 0.0398. The number of rotatable bonds is 6. The lowest BCUT2D eigenvalue weighted by Crippen LogP contribution is -2.38. The van der Waals surface area contributed by atoms with Crippen LogP contribution in [0, 0.1) is 0 Å². The molecule has 1 fully saturated rings. The fourth-order valence-corrected chi connectivity index (χ4v) is 2.05. The Hall–Kier alpha value is -1.26. The average molecular weight is 250 g/mol. The van der Waals surface area contributed by atoms with E-state index in [0.29, 0.717) is 6.61 Å². The molecule has 4 nitrogen and oxygen atoms in total. The molecule has 0 aromatic heterocycles. The molecule has 0 amide bonds. The van der Waals surface area contributed by atoms with Gasteiger partial charge in [0.15, 0.2) is 0 Å². The quantitative estimate of drug-likeness (QED) is 0.835. The molecule has 1 aromatic rings. The molecule has 1 heterocycles. The molecular formula is C14H22N2O2. The summed E-state index contributed by atoms with van der Waals surface area (Å²) in [6, 6.07) is 8.11. The summed E-state index contributed by atoms with van der Waals surface area (Å²) in [6.07, 6.45) is 0. The van der Waals surface area contributed by atoms with Crippen LogP contribution in [0.5, 0.6) is 5.75 Å². The molecule has 1 saturated heterocycles. The minimum atomic E-state index is 0.706. The highest BCUT2D eigenvalue weighted by Crippen LogP contribution is 2.16. The summed E-state index contributed by atoms with van der Waals surface area (Å²) in [5.41, 5.74) is 1.12. The van der Waals surface area contributed by atoms with Crippen LogP contribution in [0.2, 0.25) is 0 Å². The number of hydrogen-bond acceptors (Lipinski definition) is 4. The van der Waals surface area contributed by atoms with E-state index in [9.17, 15) is 0 Å². The molecule has 0 saturated carbocycles. The van der Waals surface area contributed by atoms with Gasteiger partial charge in [-0.3, -0.25) is 4.90 Å². The lowest BCUT2D eigenvalue weighted by Gasteiger charge is -2.26. The largest absolute Gasteiger partial charge is 0.494 e. The third kappa shape index (κ3) is 4.20. The van der Waals surface area contributed by atoms with Crippen LogP contribution in [0.15, 0.2) is 24.3 Å². The molecule has 0 unspecified atom stereocenters. The van der Waals surface area contributed by atoms with E-state index in [1.807, 2.05) is 25.1 Å². The number of nitrogens with zero attached hydrogens (tertiary/aromatic N) is 1. The normalized spacial score (nSPS) is 16.5. The van der Waals surface area contributed by atoms with Gasteiger partial charge in [0, 0.05) is 37.9 Å². The van der Waals surface area contributed by atoms with Crippen LogP contribution >= 0.6 is 0 Å². The molecule has 0 bridgehead atoms. The number of anilines is 1. The molecule has 0 atom stereocenters. The van der Waals surface area contributed by atoms with Crippen molar-refractivity contribution in [3.63, 3.8) is 0 Å². The number of hydrogen-bond donors (Lipinski definition) is 1. The Kier molecular flexibility index (Phi) is 5.30. The molecule has 0 spiro atoms. The van der Waals surface area contributed by atoms with Crippen molar-refractivity contribution in [2.24, 2.45) is 0 Å². The van der Waals surface area contributed by atoms with E-state index in [0.717, 1.165) is 50.8 Å². The number of nitrogens with one attached hydrogen (secondary N) is 1. The summed E-state index contributed by atoms with van der Waals surface area (Å²) >= 11 is 0. The van der Waals surface area contributed by atoms with E-state index in [1.54, 1.807) is 0 Å². The SMILES string of the molecule is CCOc1cccc(NCCN2CCOCC2)c1.